The van der Waals surface area contributed by atoms with Gasteiger partial charge in [0.1, 0.15) is 6.61 Å². The summed E-state index contributed by atoms with van der Waals surface area (Å²) in [4.78, 5) is 27.3. The summed E-state index contributed by atoms with van der Waals surface area (Å²) in [5.41, 5.74) is 6.85. The fraction of sp³-hybridized carbons (Fsp3) is 0.235. The normalized spacial score (nSPS) is 11.6. The van der Waals surface area contributed by atoms with Gasteiger partial charge in [-0.3, -0.25) is 14.6 Å². The molecule has 0 saturated carbocycles. The number of carbonyl (C=O) groups is 2. The van der Waals surface area contributed by atoms with E-state index in [1.807, 2.05) is 36.4 Å². The Kier molecular flexibility index (Phi) is 5.65. The third kappa shape index (κ3) is 5.01. The molecular formula is C17H18N2O3. The van der Waals surface area contributed by atoms with E-state index in [1.54, 1.807) is 18.3 Å². The Morgan fingerprint density at radius 1 is 1.05 bits per heavy atom. The van der Waals surface area contributed by atoms with Gasteiger partial charge in [0.05, 0.1) is 12.1 Å². The van der Waals surface area contributed by atoms with Crippen molar-refractivity contribution in [2.75, 3.05) is 0 Å². The Morgan fingerprint density at radius 3 is 2.41 bits per heavy atom. The zero-order valence-electron chi connectivity index (χ0n) is 12.1. The Hall–Kier alpha value is -2.69. The molecule has 5 heteroatoms. The molecule has 0 aliphatic heterocycles. The zero-order chi connectivity index (χ0) is 15.8. The van der Waals surface area contributed by atoms with Crippen LogP contribution in [-0.4, -0.2) is 16.9 Å². The highest BCUT2D eigenvalue weighted by Crippen LogP contribution is 2.23. The summed E-state index contributed by atoms with van der Waals surface area (Å²) in [7, 11) is 0. The maximum atomic E-state index is 12.0. The molecule has 1 atom stereocenters. The third-order valence-electron chi connectivity index (χ3n) is 3.24. The average molecular weight is 298 g/mol. The molecule has 2 rings (SSSR count). The number of ether oxygens (including phenoxy) is 1. The van der Waals surface area contributed by atoms with Crippen LogP contribution in [0.25, 0.3) is 0 Å². The smallest absolute Gasteiger partial charge is 0.306 e. The fourth-order valence-electron chi connectivity index (χ4n) is 2.17. The van der Waals surface area contributed by atoms with E-state index in [0.717, 1.165) is 5.56 Å². The van der Waals surface area contributed by atoms with Crippen LogP contribution in [0.5, 0.6) is 0 Å². The molecule has 1 unspecified atom stereocenters. The van der Waals surface area contributed by atoms with Crippen molar-refractivity contribution >= 4 is 11.9 Å². The molecule has 0 fully saturated rings. The van der Waals surface area contributed by atoms with Crippen molar-refractivity contribution in [1.29, 1.82) is 0 Å². The fourth-order valence-corrected chi connectivity index (χ4v) is 2.17. The van der Waals surface area contributed by atoms with Crippen molar-refractivity contribution in [1.82, 2.24) is 4.98 Å². The molecule has 1 amide bonds. The quantitative estimate of drug-likeness (QED) is 0.794. The molecule has 2 aromatic rings. The Morgan fingerprint density at radius 2 is 1.77 bits per heavy atom. The molecule has 5 nitrogen and oxygen atoms in total. The molecule has 0 aliphatic rings. The van der Waals surface area contributed by atoms with Gasteiger partial charge in [-0.15, -0.1) is 0 Å². The second-order valence-electron chi connectivity index (χ2n) is 4.96. The van der Waals surface area contributed by atoms with E-state index in [2.05, 4.69) is 4.98 Å². The van der Waals surface area contributed by atoms with Gasteiger partial charge in [0.2, 0.25) is 5.91 Å². The van der Waals surface area contributed by atoms with E-state index in [4.69, 9.17) is 10.5 Å². The molecular weight excluding hydrogens is 280 g/mol. The molecule has 22 heavy (non-hydrogen) atoms. The molecule has 2 N–H and O–H groups in total. The van der Waals surface area contributed by atoms with Crippen LogP contribution in [0.2, 0.25) is 0 Å². The molecule has 1 heterocycles. The van der Waals surface area contributed by atoms with Crippen LogP contribution >= 0.6 is 0 Å². The summed E-state index contributed by atoms with van der Waals surface area (Å²) in [6.07, 6.45) is 1.87. The number of carbonyl (C=O) groups excluding carboxylic acids is 2. The van der Waals surface area contributed by atoms with Crippen LogP contribution in [0.3, 0.4) is 0 Å². The van der Waals surface area contributed by atoms with Gasteiger partial charge in [0.25, 0.3) is 0 Å². The van der Waals surface area contributed by atoms with Crippen LogP contribution < -0.4 is 5.73 Å². The van der Waals surface area contributed by atoms with Crippen LogP contribution in [0.4, 0.5) is 0 Å². The number of rotatable bonds is 7. The first kappa shape index (κ1) is 15.7. The van der Waals surface area contributed by atoms with Gasteiger partial charge in [-0.25, -0.2) is 0 Å². The minimum atomic E-state index is -0.439. The van der Waals surface area contributed by atoms with E-state index in [-0.39, 0.29) is 31.3 Å². The van der Waals surface area contributed by atoms with Crippen molar-refractivity contribution in [3.05, 3.63) is 66.0 Å². The van der Waals surface area contributed by atoms with Crippen LogP contribution in [-0.2, 0) is 20.9 Å². The number of aromatic nitrogens is 1. The predicted octanol–water partition coefficient (Wildman–Crippen LogP) is 2.17. The molecule has 114 valence electrons. The first-order chi connectivity index (χ1) is 10.6. The SMILES string of the molecule is NC(=O)CC(CC(=O)OCc1ccccn1)c1ccccc1. The largest absolute Gasteiger partial charge is 0.459 e. The van der Waals surface area contributed by atoms with E-state index in [0.29, 0.717) is 5.69 Å². The summed E-state index contributed by atoms with van der Waals surface area (Å²) in [6.45, 7) is 0.123. The molecule has 0 aliphatic carbocycles. The predicted molar refractivity (Wildman–Crippen MR) is 81.6 cm³/mol. The molecule has 0 radical (unpaired) electrons. The summed E-state index contributed by atoms with van der Waals surface area (Å²) in [6, 6.07) is 14.8. The second kappa shape index (κ2) is 7.93. The van der Waals surface area contributed by atoms with Gasteiger partial charge in [-0.1, -0.05) is 36.4 Å². The lowest BCUT2D eigenvalue weighted by molar-refractivity contribution is -0.145. The highest BCUT2D eigenvalue weighted by molar-refractivity contribution is 5.77. The average Bonchev–Trinajstić information content (AvgIpc) is 2.54. The summed E-state index contributed by atoms with van der Waals surface area (Å²) in [5, 5.41) is 0. The molecule has 1 aromatic carbocycles. The minimum Gasteiger partial charge on any atom is -0.459 e. The summed E-state index contributed by atoms with van der Waals surface area (Å²) < 4.78 is 5.21. The standard InChI is InChI=1S/C17H18N2O3/c18-16(20)10-14(13-6-2-1-3-7-13)11-17(21)22-12-15-8-4-5-9-19-15/h1-9,14H,10-12H2,(H2,18,20). The second-order valence-corrected chi connectivity index (χ2v) is 4.96. The number of nitrogens with zero attached hydrogens (tertiary/aromatic N) is 1. The Labute approximate surface area is 129 Å². The molecule has 0 bridgehead atoms. The first-order valence-corrected chi connectivity index (χ1v) is 7.04. The number of benzene rings is 1. The number of pyridine rings is 1. The summed E-state index contributed by atoms with van der Waals surface area (Å²) in [5.74, 6) is -1.08. The van der Waals surface area contributed by atoms with Crippen LogP contribution in [0, 0.1) is 0 Å². The van der Waals surface area contributed by atoms with Gasteiger partial charge in [0.15, 0.2) is 0 Å². The zero-order valence-corrected chi connectivity index (χ0v) is 12.1. The number of hydrogen-bond acceptors (Lipinski definition) is 4. The van der Waals surface area contributed by atoms with E-state index in [1.165, 1.54) is 0 Å². The lowest BCUT2D eigenvalue weighted by Gasteiger charge is -2.15. The van der Waals surface area contributed by atoms with Crippen molar-refractivity contribution in [2.45, 2.75) is 25.4 Å². The number of esters is 1. The highest BCUT2D eigenvalue weighted by Gasteiger charge is 2.19. The van der Waals surface area contributed by atoms with Crippen LogP contribution in [0.15, 0.2) is 54.7 Å². The van der Waals surface area contributed by atoms with E-state index in [9.17, 15) is 9.59 Å². The van der Waals surface area contributed by atoms with E-state index < -0.39 is 5.91 Å². The number of hydrogen-bond donors (Lipinski definition) is 1. The van der Waals surface area contributed by atoms with Crippen molar-refractivity contribution in [3.63, 3.8) is 0 Å². The monoisotopic (exact) mass is 298 g/mol. The number of amides is 1. The highest BCUT2D eigenvalue weighted by atomic mass is 16.5. The molecule has 0 saturated heterocycles. The number of primary amides is 1. The molecule has 1 aromatic heterocycles. The maximum Gasteiger partial charge on any atom is 0.306 e. The summed E-state index contributed by atoms with van der Waals surface area (Å²) >= 11 is 0. The van der Waals surface area contributed by atoms with Crippen molar-refractivity contribution in [2.24, 2.45) is 5.73 Å². The third-order valence-corrected chi connectivity index (χ3v) is 3.24. The Balaban J connectivity index is 1.95. The van der Waals surface area contributed by atoms with Crippen LogP contribution in [0.1, 0.15) is 30.0 Å². The van der Waals surface area contributed by atoms with Crippen molar-refractivity contribution < 1.29 is 14.3 Å². The maximum absolute atomic E-state index is 12.0. The lowest BCUT2D eigenvalue weighted by Crippen LogP contribution is -2.18. The lowest BCUT2D eigenvalue weighted by atomic mass is 9.92. The van der Waals surface area contributed by atoms with Gasteiger partial charge < -0.3 is 10.5 Å². The Bertz CT molecular complexity index is 614. The van der Waals surface area contributed by atoms with Gasteiger partial charge >= 0.3 is 5.97 Å². The first-order valence-electron chi connectivity index (χ1n) is 7.04. The topological polar surface area (TPSA) is 82.3 Å². The van der Waals surface area contributed by atoms with Gasteiger partial charge in [-0.2, -0.15) is 0 Å². The number of nitrogens with two attached hydrogens (primary N) is 1. The van der Waals surface area contributed by atoms with Gasteiger partial charge in [-0.05, 0) is 17.7 Å². The molecule has 0 spiro atoms. The van der Waals surface area contributed by atoms with Gasteiger partial charge in [0, 0.05) is 18.5 Å². The minimum absolute atomic E-state index is 0.111. The van der Waals surface area contributed by atoms with Crippen molar-refractivity contribution in [3.8, 4) is 0 Å². The van der Waals surface area contributed by atoms with E-state index >= 15 is 0 Å².